The number of alkyl halides is 3. The quantitative estimate of drug-likeness (QED) is 0.759. The van der Waals surface area contributed by atoms with E-state index in [0.29, 0.717) is 5.56 Å². The Balaban J connectivity index is 2.50. The van der Waals surface area contributed by atoms with Gasteiger partial charge in [0.2, 0.25) is 0 Å². The minimum atomic E-state index is -4.49. The van der Waals surface area contributed by atoms with Crippen LogP contribution in [0.1, 0.15) is 23.6 Å². The fourth-order valence-corrected chi connectivity index (χ4v) is 2.54. The number of halogens is 3. The lowest BCUT2D eigenvalue weighted by Gasteiger charge is -2.25. The van der Waals surface area contributed by atoms with Gasteiger partial charge in [-0.15, -0.1) is 0 Å². The summed E-state index contributed by atoms with van der Waals surface area (Å²) in [7, 11) is 0. The summed E-state index contributed by atoms with van der Waals surface area (Å²) in [5, 5.41) is 9.74. The van der Waals surface area contributed by atoms with Crippen molar-refractivity contribution in [1.82, 2.24) is 0 Å². The van der Waals surface area contributed by atoms with Crippen molar-refractivity contribution in [3.8, 4) is 6.07 Å². The van der Waals surface area contributed by atoms with Crippen molar-refractivity contribution < 1.29 is 22.7 Å². The van der Waals surface area contributed by atoms with E-state index in [2.05, 4.69) is 0 Å². The van der Waals surface area contributed by atoms with Gasteiger partial charge in [0.1, 0.15) is 0 Å². The lowest BCUT2D eigenvalue weighted by Crippen LogP contribution is -2.38. The van der Waals surface area contributed by atoms with Gasteiger partial charge in [-0.1, -0.05) is 42.5 Å². The first-order chi connectivity index (χ1) is 11.8. The molecule has 0 aliphatic rings. The summed E-state index contributed by atoms with van der Waals surface area (Å²) in [6, 6.07) is 14.8. The summed E-state index contributed by atoms with van der Waals surface area (Å²) in [4.78, 5) is 12.5. The minimum absolute atomic E-state index is 0.00847. The van der Waals surface area contributed by atoms with Gasteiger partial charge in [-0.3, -0.25) is 0 Å². The van der Waals surface area contributed by atoms with Crippen molar-refractivity contribution >= 4 is 5.97 Å². The fraction of sp³-hybridized carbons (Fsp3) is 0.263. The topological polar surface area (TPSA) is 50.1 Å². The van der Waals surface area contributed by atoms with Crippen LogP contribution in [0.15, 0.2) is 54.6 Å². The fourth-order valence-electron chi connectivity index (χ4n) is 2.54. The molecule has 0 spiro atoms. The summed E-state index contributed by atoms with van der Waals surface area (Å²) in [6.45, 7) is 1.67. The zero-order chi connectivity index (χ0) is 18.5. The number of carbonyl (C=O) groups excluding carboxylic acids is 1. The lowest BCUT2D eigenvalue weighted by atomic mass is 9.76. The molecule has 130 valence electrons. The largest absolute Gasteiger partial charge is 0.465 e. The number of carbonyl (C=O) groups is 1. The maximum atomic E-state index is 12.8. The van der Waals surface area contributed by atoms with Gasteiger partial charge in [0.25, 0.3) is 0 Å². The predicted octanol–water partition coefficient (Wildman–Crippen LogP) is 4.27. The van der Waals surface area contributed by atoms with E-state index in [1.54, 1.807) is 37.3 Å². The smallest absolute Gasteiger partial charge is 0.416 e. The Morgan fingerprint density at radius 1 is 1.04 bits per heavy atom. The van der Waals surface area contributed by atoms with Crippen molar-refractivity contribution in [3.05, 3.63) is 71.3 Å². The second-order valence-corrected chi connectivity index (χ2v) is 5.48. The van der Waals surface area contributed by atoms with Gasteiger partial charge >= 0.3 is 12.1 Å². The first-order valence-corrected chi connectivity index (χ1v) is 7.63. The predicted molar refractivity (Wildman–Crippen MR) is 85.5 cm³/mol. The summed E-state index contributed by atoms with van der Waals surface area (Å²) in [5.74, 6) is -0.777. The van der Waals surface area contributed by atoms with E-state index in [1.807, 2.05) is 6.07 Å². The normalized spacial score (nSPS) is 13.6. The van der Waals surface area contributed by atoms with E-state index in [-0.39, 0.29) is 18.6 Å². The molecule has 6 heteroatoms. The number of ether oxygens (including phenoxy) is 1. The van der Waals surface area contributed by atoms with E-state index in [9.17, 15) is 23.2 Å². The van der Waals surface area contributed by atoms with E-state index in [1.165, 1.54) is 0 Å². The zero-order valence-electron chi connectivity index (χ0n) is 13.5. The molecule has 0 saturated heterocycles. The maximum absolute atomic E-state index is 12.8. The van der Waals surface area contributed by atoms with Crippen LogP contribution in [0.3, 0.4) is 0 Å². The molecule has 2 aromatic carbocycles. The Bertz CT molecular complexity index is 764. The number of hydrogen-bond donors (Lipinski definition) is 0. The zero-order valence-corrected chi connectivity index (χ0v) is 13.5. The van der Waals surface area contributed by atoms with Crippen molar-refractivity contribution in [2.45, 2.75) is 24.9 Å². The number of nitriles is 1. The first-order valence-electron chi connectivity index (χ1n) is 7.63. The third-order valence-corrected chi connectivity index (χ3v) is 3.83. The number of hydrogen-bond acceptors (Lipinski definition) is 3. The molecule has 0 radical (unpaired) electrons. The average molecular weight is 347 g/mol. The van der Waals surface area contributed by atoms with Crippen LogP contribution >= 0.6 is 0 Å². The average Bonchev–Trinajstić information content (AvgIpc) is 2.60. The Kier molecular flexibility index (Phi) is 5.48. The maximum Gasteiger partial charge on any atom is 0.416 e. The van der Waals surface area contributed by atoms with Crippen LogP contribution in [-0.2, 0) is 27.5 Å². The minimum Gasteiger partial charge on any atom is -0.465 e. The van der Waals surface area contributed by atoms with Crippen molar-refractivity contribution in [3.63, 3.8) is 0 Å². The van der Waals surface area contributed by atoms with Crippen LogP contribution in [0.5, 0.6) is 0 Å². The van der Waals surface area contributed by atoms with Crippen LogP contribution in [-0.4, -0.2) is 12.6 Å². The Morgan fingerprint density at radius 3 is 2.08 bits per heavy atom. The van der Waals surface area contributed by atoms with Crippen LogP contribution in [0.25, 0.3) is 0 Å². The SMILES string of the molecule is CCOC(=O)C(C#N)(Cc1ccccc1)c1ccc(C(F)(F)F)cc1. The standard InChI is InChI=1S/C19H16F3NO2/c1-2-25-17(24)18(13-23,12-14-6-4-3-5-7-14)15-8-10-16(11-9-15)19(20,21)22/h3-11H,2,12H2,1H3. The molecule has 0 aliphatic carbocycles. The van der Waals surface area contributed by atoms with E-state index in [4.69, 9.17) is 4.74 Å². The second-order valence-electron chi connectivity index (χ2n) is 5.48. The van der Waals surface area contributed by atoms with Gasteiger partial charge in [-0.05, 0) is 30.2 Å². The summed E-state index contributed by atoms with van der Waals surface area (Å²) >= 11 is 0. The first kappa shape index (κ1) is 18.5. The Labute approximate surface area is 143 Å². The number of benzene rings is 2. The molecule has 0 amide bonds. The van der Waals surface area contributed by atoms with Gasteiger partial charge in [-0.25, -0.2) is 4.79 Å². The highest BCUT2D eigenvalue weighted by Crippen LogP contribution is 2.34. The van der Waals surface area contributed by atoms with Gasteiger partial charge in [-0.2, -0.15) is 18.4 Å². The Hall–Kier alpha value is -2.81. The molecule has 1 unspecified atom stereocenters. The molecule has 2 rings (SSSR count). The van der Waals surface area contributed by atoms with Crippen molar-refractivity contribution in [2.24, 2.45) is 0 Å². The monoisotopic (exact) mass is 347 g/mol. The molecule has 1 atom stereocenters. The lowest BCUT2D eigenvalue weighted by molar-refractivity contribution is -0.147. The molecule has 0 N–H and O–H groups in total. The van der Waals surface area contributed by atoms with E-state index in [0.717, 1.165) is 24.3 Å². The van der Waals surface area contributed by atoms with Crippen LogP contribution in [0.2, 0.25) is 0 Å². The molecular weight excluding hydrogens is 331 g/mol. The van der Waals surface area contributed by atoms with E-state index >= 15 is 0 Å². The molecule has 0 bridgehead atoms. The molecule has 25 heavy (non-hydrogen) atoms. The van der Waals surface area contributed by atoms with Crippen LogP contribution in [0.4, 0.5) is 13.2 Å². The Morgan fingerprint density at radius 2 is 1.60 bits per heavy atom. The third-order valence-electron chi connectivity index (χ3n) is 3.83. The molecule has 0 heterocycles. The molecule has 0 fully saturated rings. The van der Waals surface area contributed by atoms with Gasteiger partial charge < -0.3 is 4.74 Å². The highest BCUT2D eigenvalue weighted by Gasteiger charge is 2.43. The number of nitrogens with zero attached hydrogens (tertiary/aromatic N) is 1. The highest BCUT2D eigenvalue weighted by atomic mass is 19.4. The molecule has 2 aromatic rings. The molecule has 0 aromatic heterocycles. The van der Waals surface area contributed by atoms with Gasteiger partial charge in [0.05, 0.1) is 18.2 Å². The highest BCUT2D eigenvalue weighted by molar-refractivity contribution is 5.87. The third kappa shape index (κ3) is 4.00. The van der Waals surface area contributed by atoms with Crippen LogP contribution in [0, 0.1) is 11.3 Å². The molecule has 0 aliphatic heterocycles. The molecule has 0 saturated carbocycles. The second kappa shape index (κ2) is 7.39. The summed E-state index contributed by atoms with van der Waals surface area (Å²) in [6.07, 6.45) is -4.48. The van der Waals surface area contributed by atoms with Crippen LogP contribution < -0.4 is 0 Å². The van der Waals surface area contributed by atoms with Crippen molar-refractivity contribution in [1.29, 1.82) is 5.26 Å². The number of rotatable bonds is 5. The van der Waals surface area contributed by atoms with E-state index < -0.39 is 23.1 Å². The molecule has 3 nitrogen and oxygen atoms in total. The van der Waals surface area contributed by atoms with Gasteiger partial charge in [0.15, 0.2) is 5.41 Å². The summed E-state index contributed by atoms with van der Waals surface area (Å²) in [5.41, 5.74) is -1.67. The van der Waals surface area contributed by atoms with Gasteiger partial charge in [0, 0.05) is 6.42 Å². The molecular formula is C19H16F3NO2. The summed E-state index contributed by atoms with van der Waals surface area (Å²) < 4.78 is 43.3. The number of esters is 1. The van der Waals surface area contributed by atoms with Crippen molar-refractivity contribution in [2.75, 3.05) is 6.61 Å².